The molecule has 1 aromatic carbocycles. The van der Waals surface area contributed by atoms with Crippen LogP contribution in [-0.2, 0) is 32.1 Å². The lowest BCUT2D eigenvalue weighted by atomic mass is 10.0. The van der Waals surface area contributed by atoms with Crippen molar-refractivity contribution in [3.8, 4) is 0 Å². The Morgan fingerprint density at radius 3 is 2.74 bits per heavy atom. The van der Waals surface area contributed by atoms with Gasteiger partial charge in [0.1, 0.15) is 29.5 Å². The molecule has 11 heteroatoms. The fourth-order valence-corrected chi connectivity index (χ4v) is 4.46. The number of nitrogens with one attached hydrogen (secondary N) is 1. The van der Waals surface area contributed by atoms with Crippen molar-refractivity contribution >= 4 is 35.2 Å². The van der Waals surface area contributed by atoms with E-state index < -0.39 is 16.9 Å². The predicted molar refractivity (Wildman–Crippen MR) is 108 cm³/mol. The maximum atomic E-state index is 12.6. The van der Waals surface area contributed by atoms with Crippen molar-refractivity contribution in [1.29, 1.82) is 0 Å². The van der Waals surface area contributed by atoms with Crippen LogP contribution >= 0.6 is 11.8 Å². The average Bonchev–Trinajstić information content (AvgIpc) is 3.28. The molecule has 1 unspecified atom stereocenters. The molecular formula is C20H17N3O7S. The lowest BCUT2D eigenvalue weighted by Gasteiger charge is -2.48. The molecule has 31 heavy (non-hydrogen) atoms. The summed E-state index contributed by atoms with van der Waals surface area (Å²) in [4.78, 5) is 48.8. The Morgan fingerprint density at radius 1 is 1.29 bits per heavy atom. The molecule has 1 fully saturated rings. The van der Waals surface area contributed by atoms with Gasteiger partial charge in [0.05, 0.1) is 17.6 Å². The molecule has 0 bridgehead atoms. The molecule has 1 aromatic heterocycles. The van der Waals surface area contributed by atoms with Gasteiger partial charge in [0.15, 0.2) is 0 Å². The van der Waals surface area contributed by atoms with E-state index >= 15 is 0 Å². The quantitative estimate of drug-likeness (QED) is 0.296. The molecule has 3 heterocycles. The van der Waals surface area contributed by atoms with Crippen molar-refractivity contribution in [3.05, 3.63) is 75.9 Å². The summed E-state index contributed by atoms with van der Waals surface area (Å²) in [5.41, 5.74) is 0.655. The molecule has 160 valence electrons. The Hall–Kier alpha value is -3.60. The highest BCUT2D eigenvalue weighted by Gasteiger charge is 2.52. The minimum Gasteiger partial charge on any atom is -0.469 e. The van der Waals surface area contributed by atoms with E-state index in [-0.39, 0.29) is 41.6 Å². The normalized spacial score (nSPS) is 19.7. The van der Waals surface area contributed by atoms with E-state index in [0.717, 1.165) is 0 Å². The van der Waals surface area contributed by atoms with Gasteiger partial charge < -0.3 is 14.5 Å². The van der Waals surface area contributed by atoms with Gasteiger partial charge in [0, 0.05) is 17.9 Å². The smallest absolute Gasteiger partial charge is 0.355 e. The molecule has 2 aliphatic rings. The summed E-state index contributed by atoms with van der Waals surface area (Å²) in [7, 11) is 0. The second-order valence-corrected chi connectivity index (χ2v) is 7.97. The van der Waals surface area contributed by atoms with Gasteiger partial charge in [-0.05, 0) is 35.9 Å². The maximum Gasteiger partial charge on any atom is 0.355 e. The number of fused-ring (bicyclic) bond motifs is 1. The minimum atomic E-state index is -0.723. The maximum absolute atomic E-state index is 12.6. The first-order valence-corrected chi connectivity index (χ1v) is 10.4. The molecule has 10 nitrogen and oxygen atoms in total. The lowest BCUT2D eigenvalue weighted by molar-refractivity contribution is -0.384. The second-order valence-electron chi connectivity index (χ2n) is 6.82. The first-order chi connectivity index (χ1) is 14.9. The average molecular weight is 443 g/mol. The number of amides is 2. The summed E-state index contributed by atoms with van der Waals surface area (Å²) >= 11 is 1.43. The number of ether oxygens (including phenoxy) is 1. The number of hydrogen-bond donors (Lipinski definition) is 1. The monoisotopic (exact) mass is 443 g/mol. The van der Waals surface area contributed by atoms with E-state index in [9.17, 15) is 24.5 Å². The lowest BCUT2D eigenvalue weighted by Crippen LogP contribution is -2.70. The summed E-state index contributed by atoms with van der Waals surface area (Å²) in [5.74, 6) is -0.417. The van der Waals surface area contributed by atoms with Crippen LogP contribution in [0.4, 0.5) is 5.69 Å². The third-order valence-corrected chi connectivity index (χ3v) is 5.99. The molecule has 0 spiro atoms. The number of carbonyl (C=O) groups is 3. The van der Waals surface area contributed by atoms with E-state index in [1.807, 2.05) is 0 Å². The van der Waals surface area contributed by atoms with Crippen molar-refractivity contribution in [1.82, 2.24) is 10.2 Å². The Labute approximate surface area is 180 Å². The minimum absolute atomic E-state index is 0.0220. The van der Waals surface area contributed by atoms with Gasteiger partial charge in [-0.25, -0.2) is 4.79 Å². The van der Waals surface area contributed by atoms with Crippen LogP contribution < -0.4 is 5.32 Å². The number of benzene rings is 1. The third-order valence-electron chi connectivity index (χ3n) is 4.80. The largest absolute Gasteiger partial charge is 0.469 e. The number of nitro groups is 1. The molecule has 0 radical (unpaired) electrons. The first-order valence-electron chi connectivity index (χ1n) is 9.31. The summed E-state index contributed by atoms with van der Waals surface area (Å²) < 4.78 is 10.4. The summed E-state index contributed by atoms with van der Waals surface area (Å²) in [6.45, 7) is -0.0860. The molecule has 1 saturated heterocycles. The Bertz CT molecular complexity index is 1050. The van der Waals surface area contributed by atoms with Crippen LogP contribution in [0.25, 0.3) is 0 Å². The third kappa shape index (κ3) is 4.31. The van der Waals surface area contributed by atoms with Crippen LogP contribution in [0, 0.1) is 10.1 Å². The summed E-state index contributed by atoms with van der Waals surface area (Å²) in [6.07, 6.45) is 3.10. The van der Waals surface area contributed by atoms with E-state index in [4.69, 9.17) is 9.15 Å². The molecule has 1 N–H and O–H groups in total. The molecule has 0 saturated carbocycles. The standard InChI is InChI=1S/C20H17N3O7S/c24-16(10-14-2-1-8-29-14)21-17-18(25)22-15(7-9-31-19(17)22)20(26)30-11-12-3-5-13(6-4-12)23(27)28/h1-8,17,19H,9-11H2,(H,21,24)/t17?,19-/m1/s1. The van der Waals surface area contributed by atoms with Gasteiger partial charge in [0.2, 0.25) is 5.91 Å². The molecule has 2 aliphatic heterocycles. The van der Waals surface area contributed by atoms with E-state index in [2.05, 4.69) is 5.32 Å². The highest BCUT2D eigenvalue weighted by Crippen LogP contribution is 2.37. The van der Waals surface area contributed by atoms with Crippen LogP contribution in [0.1, 0.15) is 11.3 Å². The van der Waals surface area contributed by atoms with Crippen molar-refractivity contribution in [2.45, 2.75) is 24.4 Å². The van der Waals surface area contributed by atoms with Gasteiger partial charge >= 0.3 is 5.97 Å². The fourth-order valence-electron chi connectivity index (χ4n) is 3.26. The predicted octanol–water partition coefficient (Wildman–Crippen LogP) is 1.76. The van der Waals surface area contributed by atoms with Gasteiger partial charge in [-0.1, -0.05) is 0 Å². The van der Waals surface area contributed by atoms with Crippen LogP contribution in [0.15, 0.2) is 58.9 Å². The fraction of sp³-hybridized carbons (Fsp3) is 0.250. The van der Waals surface area contributed by atoms with Crippen molar-refractivity contribution < 1.29 is 28.5 Å². The van der Waals surface area contributed by atoms with Crippen LogP contribution in [0.5, 0.6) is 0 Å². The Balaban J connectivity index is 1.33. The number of rotatable bonds is 7. The van der Waals surface area contributed by atoms with Crippen molar-refractivity contribution in [2.75, 3.05) is 5.75 Å². The van der Waals surface area contributed by atoms with Gasteiger partial charge in [-0.3, -0.25) is 24.6 Å². The topological polar surface area (TPSA) is 132 Å². The molecular weight excluding hydrogens is 426 g/mol. The molecule has 0 aliphatic carbocycles. The Morgan fingerprint density at radius 2 is 2.06 bits per heavy atom. The zero-order valence-electron chi connectivity index (χ0n) is 16.1. The molecule has 2 amide bonds. The number of nitrogens with zero attached hydrogens (tertiary/aromatic N) is 2. The first kappa shape index (κ1) is 20.7. The van der Waals surface area contributed by atoms with E-state index in [0.29, 0.717) is 17.1 Å². The zero-order valence-corrected chi connectivity index (χ0v) is 16.9. The number of nitro benzene ring substituents is 1. The van der Waals surface area contributed by atoms with Crippen LogP contribution in [-0.4, -0.2) is 44.8 Å². The highest BCUT2D eigenvalue weighted by atomic mass is 32.2. The number of furan rings is 1. The van der Waals surface area contributed by atoms with Crippen molar-refractivity contribution in [3.63, 3.8) is 0 Å². The number of esters is 1. The number of hydrogen-bond acceptors (Lipinski definition) is 8. The van der Waals surface area contributed by atoms with Gasteiger partial charge in [-0.15, -0.1) is 11.8 Å². The zero-order chi connectivity index (χ0) is 22.0. The van der Waals surface area contributed by atoms with Gasteiger partial charge in [0.25, 0.3) is 11.6 Å². The summed E-state index contributed by atoms with van der Waals surface area (Å²) in [6, 6.07) is 8.27. The summed E-state index contributed by atoms with van der Waals surface area (Å²) in [5, 5.41) is 13.0. The van der Waals surface area contributed by atoms with Gasteiger partial charge in [-0.2, -0.15) is 0 Å². The number of carbonyl (C=O) groups excluding carboxylic acids is 3. The second kappa shape index (κ2) is 8.64. The SMILES string of the molecule is O=C(Cc1ccco1)NC1C(=O)N2C(C(=O)OCc3ccc([N+](=O)[O-])cc3)=CCS[C@H]12. The number of non-ortho nitro benzene ring substituents is 1. The highest BCUT2D eigenvalue weighted by molar-refractivity contribution is 8.00. The Kier molecular flexibility index (Phi) is 5.76. The molecule has 4 rings (SSSR count). The van der Waals surface area contributed by atoms with Crippen LogP contribution in [0.2, 0.25) is 0 Å². The molecule has 2 aromatic rings. The van der Waals surface area contributed by atoms with Crippen molar-refractivity contribution in [2.24, 2.45) is 0 Å². The van der Waals surface area contributed by atoms with E-state index in [1.54, 1.807) is 18.2 Å². The number of β-lactam (4-membered cyclic amide) rings is 1. The molecule has 2 atom stereocenters. The number of thioether (sulfide) groups is 1. The van der Waals surface area contributed by atoms with E-state index in [1.165, 1.54) is 47.2 Å². The van der Waals surface area contributed by atoms with Crippen LogP contribution in [0.3, 0.4) is 0 Å².